The number of likely N-dealkylation sites (N-methyl/N-ethyl adjacent to an activating group) is 2. The molecule has 0 aliphatic rings. The highest BCUT2D eigenvalue weighted by Crippen LogP contribution is 2.19. The molecule has 4 nitrogen and oxygen atoms in total. The van der Waals surface area contributed by atoms with Gasteiger partial charge in [-0.3, -0.25) is 4.79 Å². The van der Waals surface area contributed by atoms with Gasteiger partial charge in [-0.15, -0.1) is 0 Å². The summed E-state index contributed by atoms with van der Waals surface area (Å²) in [7, 11) is 5.52. The Morgan fingerprint density at radius 2 is 1.75 bits per heavy atom. The van der Waals surface area contributed by atoms with Crippen LogP contribution in [0, 0.1) is 0 Å². The molecule has 1 aromatic rings. The monoisotopic (exact) mass is 277 g/mol. The molecule has 0 heterocycles. The molecule has 0 saturated carbocycles. The summed E-state index contributed by atoms with van der Waals surface area (Å²) in [5.41, 5.74) is 2.38. The second-order valence-corrected chi connectivity index (χ2v) is 6.38. The van der Waals surface area contributed by atoms with Crippen LogP contribution in [0.1, 0.15) is 26.3 Å². The molecule has 4 heteroatoms. The lowest BCUT2D eigenvalue weighted by atomic mass is 10.1. The van der Waals surface area contributed by atoms with Crippen molar-refractivity contribution < 1.29 is 4.79 Å². The lowest BCUT2D eigenvalue weighted by molar-refractivity contribution is -0.127. The van der Waals surface area contributed by atoms with E-state index in [9.17, 15) is 4.79 Å². The van der Waals surface area contributed by atoms with Gasteiger partial charge in [-0.1, -0.05) is 18.2 Å². The van der Waals surface area contributed by atoms with Crippen LogP contribution in [-0.4, -0.2) is 44.0 Å². The van der Waals surface area contributed by atoms with Crippen molar-refractivity contribution in [1.82, 2.24) is 10.2 Å². The molecule has 0 radical (unpaired) electrons. The molecule has 0 atom stereocenters. The summed E-state index contributed by atoms with van der Waals surface area (Å²) >= 11 is 0. The summed E-state index contributed by atoms with van der Waals surface area (Å²) in [6, 6.07) is 8.20. The molecule has 1 amide bonds. The Bertz CT molecular complexity index is 449. The van der Waals surface area contributed by atoms with E-state index in [4.69, 9.17) is 0 Å². The first-order valence-corrected chi connectivity index (χ1v) is 6.95. The van der Waals surface area contributed by atoms with Gasteiger partial charge in [0.25, 0.3) is 0 Å². The number of nitrogens with one attached hydrogen (secondary N) is 1. The van der Waals surface area contributed by atoms with Crippen molar-refractivity contribution in [3.05, 3.63) is 29.8 Å². The molecule has 0 aliphatic carbocycles. The Kier molecular flexibility index (Phi) is 5.57. The van der Waals surface area contributed by atoms with Crippen LogP contribution >= 0.6 is 0 Å². The molecule has 0 saturated heterocycles. The summed E-state index contributed by atoms with van der Waals surface area (Å²) in [5.74, 6) is 0.103. The number of rotatable bonds is 5. The summed E-state index contributed by atoms with van der Waals surface area (Å²) in [6.45, 7) is 7.62. The van der Waals surface area contributed by atoms with Crippen LogP contribution in [0.15, 0.2) is 24.3 Å². The number of hydrogen-bond donors (Lipinski definition) is 1. The first-order chi connectivity index (χ1) is 9.20. The molecule has 0 spiro atoms. The molecular formula is C16H27N3O. The van der Waals surface area contributed by atoms with Crippen LogP contribution in [0.25, 0.3) is 0 Å². The van der Waals surface area contributed by atoms with Crippen molar-refractivity contribution in [1.29, 1.82) is 0 Å². The normalized spacial score (nSPS) is 11.3. The number of anilines is 1. The largest absolute Gasteiger partial charge is 0.365 e. The maximum Gasteiger partial charge on any atom is 0.241 e. The van der Waals surface area contributed by atoms with E-state index in [1.165, 1.54) is 5.56 Å². The SMILES string of the molecule is CN(C)C(=O)CN(C)c1ccccc1CNC(C)(C)C. The zero-order valence-electron chi connectivity index (χ0n) is 13.5. The van der Waals surface area contributed by atoms with Crippen LogP contribution in [0.2, 0.25) is 0 Å². The molecule has 1 rings (SSSR count). The molecule has 0 bridgehead atoms. The van der Waals surface area contributed by atoms with Gasteiger partial charge in [0.05, 0.1) is 6.54 Å². The van der Waals surface area contributed by atoms with Crippen molar-refractivity contribution in [3.63, 3.8) is 0 Å². The second-order valence-electron chi connectivity index (χ2n) is 6.38. The minimum Gasteiger partial charge on any atom is -0.365 e. The first kappa shape index (κ1) is 16.5. The van der Waals surface area contributed by atoms with E-state index in [1.54, 1.807) is 19.0 Å². The zero-order valence-corrected chi connectivity index (χ0v) is 13.5. The van der Waals surface area contributed by atoms with Crippen LogP contribution in [0.5, 0.6) is 0 Å². The van der Waals surface area contributed by atoms with Crippen molar-refractivity contribution in [3.8, 4) is 0 Å². The third kappa shape index (κ3) is 5.21. The second kappa shape index (κ2) is 6.75. The third-order valence-corrected chi connectivity index (χ3v) is 3.08. The quantitative estimate of drug-likeness (QED) is 0.895. The van der Waals surface area contributed by atoms with Crippen molar-refractivity contribution in [2.24, 2.45) is 0 Å². The highest BCUT2D eigenvalue weighted by molar-refractivity contribution is 5.81. The van der Waals surface area contributed by atoms with Gasteiger partial charge in [-0.2, -0.15) is 0 Å². The van der Waals surface area contributed by atoms with Gasteiger partial charge in [0.15, 0.2) is 0 Å². The Labute approximate surface area is 122 Å². The van der Waals surface area contributed by atoms with Crippen LogP contribution in [0.4, 0.5) is 5.69 Å². The van der Waals surface area contributed by atoms with Crippen LogP contribution < -0.4 is 10.2 Å². The molecule has 112 valence electrons. The Balaban J connectivity index is 2.81. The molecule has 20 heavy (non-hydrogen) atoms. The molecule has 0 aliphatic heterocycles. The maximum atomic E-state index is 11.8. The Morgan fingerprint density at radius 1 is 1.15 bits per heavy atom. The fourth-order valence-corrected chi connectivity index (χ4v) is 1.82. The van der Waals surface area contributed by atoms with E-state index < -0.39 is 0 Å². The lowest BCUT2D eigenvalue weighted by Gasteiger charge is -2.26. The van der Waals surface area contributed by atoms with Crippen molar-refractivity contribution in [2.75, 3.05) is 32.6 Å². The van der Waals surface area contributed by atoms with E-state index in [-0.39, 0.29) is 11.4 Å². The number of carbonyl (C=O) groups excluding carboxylic acids is 1. The van der Waals surface area contributed by atoms with E-state index in [1.807, 2.05) is 24.1 Å². The van der Waals surface area contributed by atoms with Crippen molar-refractivity contribution in [2.45, 2.75) is 32.9 Å². The average molecular weight is 277 g/mol. The number of nitrogens with zero attached hydrogens (tertiary/aromatic N) is 2. The predicted octanol–water partition coefficient (Wildman–Crippen LogP) is 2.10. The first-order valence-electron chi connectivity index (χ1n) is 6.95. The third-order valence-electron chi connectivity index (χ3n) is 3.08. The van der Waals surface area contributed by atoms with E-state index in [0.29, 0.717) is 6.54 Å². The fourth-order valence-electron chi connectivity index (χ4n) is 1.82. The lowest BCUT2D eigenvalue weighted by Crippen LogP contribution is -2.37. The number of hydrogen-bond acceptors (Lipinski definition) is 3. The Morgan fingerprint density at radius 3 is 2.30 bits per heavy atom. The van der Waals surface area contributed by atoms with Crippen molar-refractivity contribution >= 4 is 11.6 Å². The van der Waals surface area contributed by atoms with Gasteiger partial charge >= 0.3 is 0 Å². The highest BCUT2D eigenvalue weighted by atomic mass is 16.2. The highest BCUT2D eigenvalue weighted by Gasteiger charge is 2.14. The molecule has 1 N–H and O–H groups in total. The standard InChI is InChI=1S/C16H27N3O/c1-16(2,3)17-11-13-9-7-8-10-14(13)19(6)12-15(20)18(4)5/h7-10,17H,11-12H2,1-6H3. The average Bonchev–Trinajstić information content (AvgIpc) is 2.35. The summed E-state index contributed by atoms with van der Waals surface area (Å²) in [4.78, 5) is 15.4. The summed E-state index contributed by atoms with van der Waals surface area (Å²) in [5, 5.41) is 3.49. The smallest absolute Gasteiger partial charge is 0.241 e. The Hall–Kier alpha value is -1.55. The fraction of sp³-hybridized carbons (Fsp3) is 0.562. The molecule has 1 aromatic carbocycles. The van der Waals surface area contributed by atoms with Crippen LogP contribution in [0.3, 0.4) is 0 Å². The van der Waals surface area contributed by atoms with Gasteiger partial charge in [-0.25, -0.2) is 0 Å². The number of amides is 1. The minimum absolute atomic E-state index is 0.0745. The van der Waals surface area contributed by atoms with Gasteiger partial charge in [0.2, 0.25) is 5.91 Å². The number of benzene rings is 1. The topological polar surface area (TPSA) is 35.6 Å². The minimum atomic E-state index is 0.0745. The van der Waals surface area contributed by atoms with E-state index in [0.717, 1.165) is 12.2 Å². The number of para-hydroxylation sites is 1. The summed E-state index contributed by atoms with van der Waals surface area (Å²) < 4.78 is 0. The molecule has 0 unspecified atom stereocenters. The molecular weight excluding hydrogens is 250 g/mol. The van der Waals surface area contributed by atoms with Gasteiger partial charge in [0.1, 0.15) is 0 Å². The van der Waals surface area contributed by atoms with Crippen LogP contribution in [-0.2, 0) is 11.3 Å². The zero-order chi connectivity index (χ0) is 15.3. The molecule has 0 aromatic heterocycles. The maximum absolute atomic E-state index is 11.8. The van der Waals surface area contributed by atoms with Gasteiger partial charge in [0, 0.05) is 38.9 Å². The van der Waals surface area contributed by atoms with E-state index in [2.05, 4.69) is 38.2 Å². The van der Waals surface area contributed by atoms with Gasteiger partial charge in [-0.05, 0) is 32.4 Å². The van der Waals surface area contributed by atoms with E-state index >= 15 is 0 Å². The number of carbonyl (C=O) groups is 1. The predicted molar refractivity (Wildman–Crippen MR) is 85.0 cm³/mol. The molecule has 0 fully saturated rings. The van der Waals surface area contributed by atoms with Gasteiger partial charge < -0.3 is 15.1 Å². The summed E-state index contributed by atoms with van der Waals surface area (Å²) in [6.07, 6.45) is 0.